The fraction of sp³-hybridized carbons (Fsp3) is 0.0526. The summed E-state index contributed by atoms with van der Waals surface area (Å²) in [6.07, 6.45) is 3.24. The fourth-order valence-electron chi connectivity index (χ4n) is 2.30. The zero-order valence-corrected chi connectivity index (χ0v) is 12.7. The molecule has 0 fully saturated rings. The van der Waals surface area contributed by atoms with Gasteiger partial charge in [0.2, 0.25) is 0 Å². The van der Waals surface area contributed by atoms with Gasteiger partial charge in [-0.05, 0) is 46.5 Å². The van der Waals surface area contributed by atoms with Crippen molar-refractivity contribution in [1.82, 2.24) is 0 Å². The Labute approximate surface area is 134 Å². The summed E-state index contributed by atoms with van der Waals surface area (Å²) >= 11 is 0. The van der Waals surface area contributed by atoms with Crippen LogP contribution < -0.4 is 0 Å². The van der Waals surface area contributed by atoms with E-state index in [2.05, 4.69) is 13.2 Å². The number of hydrogen-bond donors (Lipinski definition) is 1. The van der Waals surface area contributed by atoms with E-state index in [9.17, 15) is 14.7 Å². The Kier molecular flexibility index (Phi) is 4.76. The van der Waals surface area contributed by atoms with Gasteiger partial charge in [0.25, 0.3) is 0 Å². The summed E-state index contributed by atoms with van der Waals surface area (Å²) in [5.74, 6) is -1.61. The largest absolute Gasteiger partial charge is 0.478 e. The van der Waals surface area contributed by atoms with Crippen LogP contribution in [0.4, 0.5) is 0 Å². The zero-order chi connectivity index (χ0) is 17.0. The topological polar surface area (TPSA) is 63.6 Å². The lowest BCUT2D eigenvalue weighted by Crippen LogP contribution is -2.07. The highest BCUT2D eigenvalue weighted by Gasteiger charge is 2.19. The number of hydrogen-bond acceptors (Lipinski definition) is 3. The van der Waals surface area contributed by atoms with E-state index >= 15 is 0 Å². The molecule has 0 heterocycles. The normalized spacial score (nSPS) is 9.96. The molecule has 0 bridgehead atoms. The number of carbonyl (C=O) groups is 2. The molecule has 2 aromatic carbocycles. The Morgan fingerprint density at radius 3 is 1.87 bits per heavy atom. The molecular formula is C19H16O4. The van der Waals surface area contributed by atoms with Gasteiger partial charge >= 0.3 is 11.9 Å². The van der Waals surface area contributed by atoms with Crippen molar-refractivity contribution in [3.63, 3.8) is 0 Å². The van der Waals surface area contributed by atoms with Gasteiger partial charge in [0.15, 0.2) is 0 Å². The van der Waals surface area contributed by atoms with Gasteiger partial charge in [-0.15, -0.1) is 0 Å². The number of carboxylic acids is 1. The summed E-state index contributed by atoms with van der Waals surface area (Å²) in [6, 6.07) is 9.88. The van der Waals surface area contributed by atoms with E-state index in [1.54, 1.807) is 42.5 Å². The van der Waals surface area contributed by atoms with E-state index in [0.29, 0.717) is 16.7 Å². The molecule has 0 saturated heterocycles. The molecule has 0 saturated carbocycles. The molecule has 0 aromatic heterocycles. The standard InChI is InChI=1S/C19H16O4/c1-4-12-6-8-14(18(20)21)16(10-12)17-11-13(5-2)7-9-15(17)19(22)23-3/h4-11H,1-2H2,3H3,(H,20,21). The van der Waals surface area contributed by atoms with Crippen molar-refractivity contribution in [1.29, 1.82) is 0 Å². The van der Waals surface area contributed by atoms with Crippen LogP contribution in [0, 0.1) is 0 Å². The van der Waals surface area contributed by atoms with E-state index < -0.39 is 11.9 Å². The molecule has 4 heteroatoms. The van der Waals surface area contributed by atoms with Gasteiger partial charge in [-0.25, -0.2) is 9.59 Å². The summed E-state index contributed by atoms with van der Waals surface area (Å²) in [7, 11) is 1.28. The Hall–Kier alpha value is -3.14. The number of aromatic carboxylic acids is 1. The first-order chi connectivity index (χ1) is 11.0. The fourth-order valence-corrected chi connectivity index (χ4v) is 2.30. The molecule has 0 aliphatic rings. The van der Waals surface area contributed by atoms with Crippen LogP contribution in [0.25, 0.3) is 23.3 Å². The third-order valence-electron chi connectivity index (χ3n) is 3.48. The second-order valence-electron chi connectivity index (χ2n) is 4.82. The molecular weight excluding hydrogens is 292 g/mol. The second-order valence-corrected chi connectivity index (χ2v) is 4.82. The number of ether oxygens (including phenoxy) is 1. The molecule has 0 unspecified atom stereocenters. The van der Waals surface area contributed by atoms with E-state index in [1.807, 2.05) is 0 Å². The van der Waals surface area contributed by atoms with Crippen LogP contribution in [-0.4, -0.2) is 24.2 Å². The Morgan fingerprint density at radius 2 is 1.43 bits per heavy atom. The Balaban J connectivity index is 2.82. The SMILES string of the molecule is C=Cc1ccc(C(=O)O)c(-c2cc(C=C)ccc2C(=O)OC)c1. The highest BCUT2D eigenvalue weighted by Crippen LogP contribution is 2.30. The van der Waals surface area contributed by atoms with Crippen molar-refractivity contribution in [3.05, 3.63) is 71.8 Å². The van der Waals surface area contributed by atoms with Crippen molar-refractivity contribution in [3.8, 4) is 11.1 Å². The summed E-state index contributed by atoms with van der Waals surface area (Å²) in [6.45, 7) is 7.40. The predicted molar refractivity (Wildman–Crippen MR) is 90.4 cm³/mol. The lowest BCUT2D eigenvalue weighted by molar-refractivity contribution is 0.0600. The number of carboxylic acid groups (broad SMARTS) is 1. The first kappa shape index (κ1) is 16.2. The number of carbonyl (C=O) groups excluding carboxylic acids is 1. The summed E-state index contributed by atoms with van der Waals surface area (Å²) < 4.78 is 4.80. The molecule has 23 heavy (non-hydrogen) atoms. The molecule has 0 atom stereocenters. The third kappa shape index (κ3) is 3.21. The predicted octanol–water partition coefficient (Wildman–Crippen LogP) is 4.12. The number of rotatable bonds is 5. The second kappa shape index (κ2) is 6.75. The van der Waals surface area contributed by atoms with Crippen LogP contribution in [0.2, 0.25) is 0 Å². The van der Waals surface area contributed by atoms with Crippen molar-refractivity contribution in [2.75, 3.05) is 7.11 Å². The van der Waals surface area contributed by atoms with Crippen LogP contribution in [0.5, 0.6) is 0 Å². The molecule has 0 aliphatic heterocycles. The van der Waals surface area contributed by atoms with E-state index in [0.717, 1.165) is 11.1 Å². The summed E-state index contributed by atoms with van der Waals surface area (Å²) in [5.41, 5.74) is 2.83. The number of esters is 1. The molecule has 0 spiro atoms. The first-order valence-corrected chi connectivity index (χ1v) is 6.86. The molecule has 0 amide bonds. The van der Waals surface area contributed by atoms with Gasteiger partial charge in [0.05, 0.1) is 18.2 Å². The van der Waals surface area contributed by atoms with Crippen molar-refractivity contribution >= 4 is 24.1 Å². The highest BCUT2D eigenvalue weighted by atomic mass is 16.5. The monoisotopic (exact) mass is 308 g/mol. The Morgan fingerprint density at radius 1 is 0.957 bits per heavy atom. The van der Waals surface area contributed by atoms with Crippen molar-refractivity contribution < 1.29 is 19.4 Å². The molecule has 2 aromatic rings. The first-order valence-electron chi connectivity index (χ1n) is 6.86. The van der Waals surface area contributed by atoms with E-state index in [-0.39, 0.29) is 5.56 Å². The molecule has 1 N–H and O–H groups in total. The average Bonchev–Trinajstić information content (AvgIpc) is 2.59. The maximum atomic E-state index is 12.0. The van der Waals surface area contributed by atoms with Crippen LogP contribution >= 0.6 is 0 Å². The molecule has 0 radical (unpaired) electrons. The number of methoxy groups -OCH3 is 1. The minimum Gasteiger partial charge on any atom is -0.478 e. The van der Waals surface area contributed by atoms with Crippen molar-refractivity contribution in [2.24, 2.45) is 0 Å². The van der Waals surface area contributed by atoms with E-state index in [1.165, 1.54) is 13.2 Å². The maximum Gasteiger partial charge on any atom is 0.338 e. The van der Waals surface area contributed by atoms with Gasteiger partial charge in [0, 0.05) is 0 Å². The molecule has 0 aliphatic carbocycles. The maximum absolute atomic E-state index is 12.0. The number of benzene rings is 2. The van der Waals surface area contributed by atoms with Gasteiger partial charge < -0.3 is 9.84 Å². The van der Waals surface area contributed by atoms with Crippen LogP contribution in [0.15, 0.2) is 49.6 Å². The molecule has 4 nitrogen and oxygen atoms in total. The van der Waals surface area contributed by atoms with Crippen molar-refractivity contribution in [2.45, 2.75) is 0 Å². The van der Waals surface area contributed by atoms with Gasteiger partial charge in [0.1, 0.15) is 0 Å². The third-order valence-corrected chi connectivity index (χ3v) is 3.48. The summed E-state index contributed by atoms with van der Waals surface area (Å²) in [5, 5.41) is 9.44. The molecule has 2 rings (SSSR count). The summed E-state index contributed by atoms with van der Waals surface area (Å²) in [4.78, 5) is 23.6. The minimum atomic E-state index is -1.07. The smallest absolute Gasteiger partial charge is 0.338 e. The van der Waals surface area contributed by atoms with Gasteiger partial charge in [-0.3, -0.25) is 0 Å². The quantitative estimate of drug-likeness (QED) is 0.844. The van der Waals surface area contributed by atoms with Crippen LogP contribution in [0.3, 0.4) is 0 Å². The lowest BCUT2D eigenvalue weighted by Gasteiger charge is -2.13. The average molecular weight is 308 g/mol. The highest BCUT2D eigenvalue weighted by molar-refractivity contribution is 6.03. The van der Waals surface area contributed by atoms with E-state index in [4.69, 9.17) is 4.74 Å². The molecule has 116 valence electrons. The Bertz CT molecular complexity index is 803. The lowest BCUT2D eigenvalue weighted by atomic mass is 9.92. The van der Waals surface area contributed by atoms with Gasteiger partial charge in [-0.1, -0.05) is 37.4 Å². The zero-order valence-electron chi connectivity index (χ0n) is 12.7. The van der Waals surface area contributed by atoms with Gasteiger partial charge in [-0.2, -0.15) is 0 Å². The van der Waals surface area contributed by atoms with Crippen LogP contribution in [-0.2, 0) is 4.74 Å². The minimum absolute atomic E-state index is 0.0990. The van der Waals surface area contributed by atoms with Crippen LogP contribution in [0.1, 0.15) is 31.8 Å².